The average Bonchev–Trinajstić information content (AvgIpc) is 3.01. The molecule has 1 atom stereocenters. The Hall–Kier alpha value is -3.03. The highest BCUT2D eigenvalue weighted by Crippen LogP contribution is 2.13. The van der Waals surface area contributed by atoms with Gasteiger partial charge >= 0.3 is 5.97 Å². The van der Waals surface area contributed by atoms with E-state index in [1.807, 2.05) is 31.2 Å². The smallest absolute Gasteiger partial charge is 0.330 e. The number of aromatic nitrogens is 4. The van der Waals surface area contributed by atoms with Crippen LogP contribution in [0.15, 0.2) is 36.9 Å². The van der Waals surface area contributed by atoms with Crippen LogP contribution in [0.25, 0.3) is 11.4 Å². The van der Waals surface area contributed by atoms with Crippen LogP contribution in [0.1, 0.15) is 12.5 Å². The summed E-state index contributed by atoms with van der Waals surface area (Å²) in [4.78, 5) is 24.6. The number of tetrazole rings is 1. The maximum absolute atomic E-state index is 11.8. The molecule has 0 fully saturated rings. The fourth-order valence-electron chi connectivity index (χ4n) is 1.85. The average molecular weight is 329 g/mol. The van der Waals surface area contributed by atoms with Crippen molar-refractivity contribution in [3.05, 3.63) is 42.5 Å². The van der Waals surface area contributed by atoms with Gasteiger partial charge in [-0.2, -0.15) is 4.80 Å². The lowest BCUT2D eigenvalue weighted by atomic mass is 10.1. The van der Waals surface area contributed by atoms with Crippen molar-refractivity contribution in [2.45, 2.75) is 26.5 Å². The first kappa shape index (κ1) is 17.3. The Bertz CT molecular complexity index is 724. The van der Waals surface area contributed by atoms with E-state index in [0.29, 0.717) is 12.4 Å². The number of nitrogens with one attached hydrogen (secondary N) is 1. The van der Waals surface area contributed by atoms with Crippen molar-refractivity contribution in [1.29, 1.82) is 0 Å². The van der Waals surface area contributed by atoms with Crippen LogP contribution in [0.5, 0.6) is 0 Å². The summed E-state index contributed by atoms with van der Waals surface area (Å²) in [5.74, 6) is -0.598. The number of amides is 1. The van der Waals surface area contributed by atoms with Crippen molar-refractivity contribution in [1.82, 2.24) is 25.5 Å². The second-order valence-corrected chi connectivity index (χ2v) is 5.18. The van der Waals surface area contributed by atoms with Gasteiger partial charge in [0.2, 0.25) is 5.82 Å². The van der Waals surface area contributed by atoms with E-state index in [-0.39, 0.29) is 6.54 Å². The lowest BCUT2D eigenvalue weighted by molar-refractivity contribution is -0.155. The summed E-state index contributed by atoms with van der Waals surface area (Å²) in [5.41, 5.74) is 1.93. The largest absolute Gasteiger partial charge is 0.451 e. The number of rotatable bonds is 7. The quantitative estimate of drug-likeness (QED) is 0.598. The molecule has 1 amide bonds. The molecule has 24 heavy (non-hydrogen) atoms. The molecular weight excluding hydrogens is 310 g/mol. The van der Waals surface area contributed by atoms with Gasteiger partial charge in [-0.25, -0.2) is 4.79 Å². The summed E-state index contributed by atoms with van der Waals surface area (Å²) >= 11 is 0. The van der Waals surface area contributed by atoms with Gasteiger partial charge in [0.15, 0.2) is 12.6 Å². The lowest BCUT2D eigenvalue weighted by Crippen LogP contribution is -2.36. The highest BCUT2D eigenvalue weighted by Gasteiger charge is 2.18. The zero-order chi connectivity index (χ0) is 17.5. The summed E-state index contributed by atoms with van der Waals surface area (Å²) in [6.45, 7) is 7.05. The maximum Gasteiger partial charge on any atom is 0.330 e. The Morgan fingerprint density at radius 2 is 2.08 bits per heavy atom. The topological polar surface area (TPSA) is 99.0 Å². The van der Waals surface area contributed by atoms with E-state index in [1.54, 1.807) is 6.08 Å². The molecule has 0 spiro atoms. The standard InChI is InChI=1S/C16H19N5O3/c1-4-9-17-16(23)12(3)24-14(22)10-21-19-15(18-20-21)13-7-5-11(2)6-8-13/h4-8,12H,1,9-10H2,2-3H3,(H,17,23)/t12-/m0/s1. The van der Waals surface area contributed by atoms with Crippen molar-refractivity contribution in [2.24, 2.45) is 0 Å². The van der Waals surface area contributed by atoms with Gasteiger partial charge in [0.05, 0.1) is 0 Å². The first-order chi connectivity index (χ1) is 11.5. The molecule has 0 aliphatic rings. The number of carbonyl (C=O) groups excluding carboxylic acids is 2. The fraction of sp³-hybridized carbons (Fsp3) is 0.312. The van der Waals surface area contributed by atoms with Crippen LogP contribution in [0.4, 0.5) is 0 Å². The van der Waals surface area contributed by atoms with Gasteiger partial charge in [-0.15, -0.1) is 16.8 Å². The summed E-state index contributed by atoms with van der Waals surface area (Å²) in [5, 5.41) is 14.4. The van der Waals surface area contributed by atoms with Gasteiger partial charge in [0, 0.05) is 12.1 Å². The molecule has 0 bridgehead atoms. The lowest BCUT2D eigenvalue weighted by Gasteiger charge is -2.12. The van der Waals surface area contributed by atoms with Gasteiger partial charge in [0.25, 0.3) is 5.91 Å². The first-order valence-corrected chi connectivity index (χ1v) is 7.42. The van der Waals surface area contributed by atoms with E-state index >= 15 is 0 Å². The molecular formula is C16H19N5O3. The third kappa shape index (κ3) is 4.73. The van der Waals surface area contributed by atoms with Crippen molar-refractivity contribution < 1.29 is 14.3 Å². The SMILES string of the molecule is C=CCNC(=O)[C@H](C)OC(=O)Cn1nnc(-c2ccc(C)cc2)n1. The van der Waals surface area contributed by atoms with Crippen LogP contribution in [-0.4, -0.2) is 44.7 Å². The summed E-state index contributed by atoms with van der Waals surface area (Å²) in [6, 6.07) is 7.63. The second-order valence-electron chi connectivity index (χ2n) is 5.18. The molecule has 0 unspecified atom stereocenters. The van der Waals surface area contributed by atoms with E-state index in [0.717, 1.165) is 15.9 Å². The van der Waals surface area contributed by atoms with Crippen LogP contribution in [0.2, 0.25) is 0 Å². The third-order valence-electron chi connectivity index (χ3n) is 3.13. The third-order valence-corrected chi connectivity index (χ3v) is 3.13. The summed E-state index contributed by atoms with van der Waals surface area (Å²) < 4.78 is 5.03. The molecule has 1 aromatic heterocycles. The van der Waals surface area contributed by atoms with Gasteiger partial charge in [-0.3, -0.25) is 4.79 Å². The predicted octanol–water partition coefficient (Wildman–Crippen LogP) is 0.882. The fourth-order valence-corrected chi connectivity index (χ4v) is 1.85. The molecule has 0 saturated carbocycles. The molecule has 0 saturated heterocycles. The predicted molar refractivity (Wildman–Crippen MR) is 86.8 cm³/mol. The zero-order valence-corrected chi connectivity index (χ0v) is 13.6. The van der Waals surface area contributed by atoms with Crippen LogP contribution in [0.3, 0.4) is 0 Å². The molecule has 0 aliphatic carbocycles. The van der Waals surface area contributed by atoms with Crippen molar-refractivity contribution >= 4 is 11.9 Å². The highest BCUT2D eigenvalue weighted by molar-refractivity contribution is 5.83. The summed E-state index contributed by atoms with van der Waals surface area (Å²) in [7, 11) is 0. The number of nitrogens with zero attached hydrogens (tertiary/aromatic N) is 4. The van der Waals surface area contributed by atoms with E-state index in [9.17, 15) is 9.59 Å². The van der Waals surface area contributed by atoms with E-state index in [2.05, 4.69) is 27.3 Å². The van der Waals surface area contributed by atoms with Gasteiger partial charge < -0.3 is 10.1 Å². The van der Waals surface area contributed by atoms with E-state index < -0.39 is 18.0 Å². The monoisotopic (exact) mass is 329 g/mol. The molecule has 126 valence electrons. The van der Waals surface area contributed by atoms with Crippen molar-refractivity contribution in [3.8, 4) is 11.4 Å². The van der Waals surface area contributed by atoms with E-state index in [1.165, 1.54) is 6.92 Å². The molecule has 1 aromatic carbocycles. The summed E-state index contributed by atoms with van der Waals surface area (Å²) in [6.07, 6.45) is 0.635. The number of aryl methyl sites for hydroxylation is 1. The number of ether oxygens (including phenoxy) is 1. The molecule has 2 aromatic rings. The number of hydrogen-bond donors (Lipinski definition) is 1. The van der Waals surface area contributed by atoms with Gasteiger partial charge in [-0.1, -0.05) is 35.9 Å². The Labute approximate surface area is 139 Å². The second kappa shape index (κ2) is 8.00. The Morgan fingerprint density at radius 3 is 2.75 bits per heavy atom. The van der Waals surface area contributed by atoms with Crippen LogP contribution >= 0.6 is 0 Å². The number of benzene rings is 1. The molecule has 2 rings (SSSR count). The molecule has 0 aliphatic heterocycles. The minimum atomic E-state index is -0.905. The van der Waals surface area contributed by atoms with Crippen LogP contribution in [0, 0.1) is 6.92 Å². The normalized spacial score (nSPS) is 11.6. The minimum Gasteiger partial charge on any atom is -0.451 e. The Balaban J connectivity index is 1.92. The minimum absolute atomic E-state index is 0.224. The van der Waals surface area contributed by atoms with E-state index in [4.69, 9.17) is 4.74 Å². The van der Waals surface area contributed by atoms with Crippen LogP contribution < -0.4 is 5.32 Å². The highest BCUT2D eigenvalue weighted by atomic mass is 16.5. The Kier molecular flexibility index (Phi) is 5.78. The molecule has 1 N–H and O–H groups in total. The van der Waals surface area contributed by atoms with Crippen LogP contribution in [-0.2, 0) is 20.9 Å². The molecule has 0 radical (unpaired) electrons. The van der Waals surface area contributed by atoms with Gasteiger partial charge in [0.1, 0.15) is 0 Å². The van der Waals surface area contributed by atoms with Crippen molar-refractivity contribution in [3.63, 3.8) is 0 Å². The molecule has 1 heterocycles. The molecule has 8 heteroatoms. The van der Waals surface area contributed by atoms with Crippen molar-refractivity contribution in [2.75, 3.05) is 6.54 Å². The first-order valence-electron chi connectivity index (χ1n) is 7.42. The molecule has 8 nitrogen and oxygen atoms in total. The number of esters is 1. The van der Waals surface area contributed by atoms with Gasteiger partial charge in [-0.05, 0) is 19.1 Å². The number of carbonyl (C=O) groups is 2. The number of hydrogen-bond acceptors (Lipinski definition) is 6. The zero-order valence-electron chi connectivity index (χ0n) is 13.6. The maximum atomic E-state index is 11.8. The Morgan fingerprint density at radius 1 is 1.38 bits per heavy atom.